The van der Waals surface area contributed by atoms with E-state index in [-0.39, 0.29) is 0 Å². The molecule has 0 radical (unpaired) electrons. The van der Waals surface area contributed by atoms with Gasteiger partial charge in [0.2, 0.25) is 5.89 Å². The van der Waals surface area contributed by atoms with Crippen LogP contribution in [0.1, 0.15) is 17.2 Å². The highest BCUT2D eigenvalue weighted by atomic mass is 32.1. The number of hydrogen-bond acceptors (Lipinski definition) is 6. The summed E-state index contributed by atoms with van der Waals surface area (Å²) in [5.41, 5.74) is 0.886. The lowest BCUT2D eigenvalue weighted by atomic mass is 10.3. The SMILES string of the molecule is c1coc(CN(Cc2coc(-c3cccs3)n2)Cc2ccco2)c1. The van der Waals surface area contributed by atoms with Crippen LogP contribution in [0.15, 0.2) is 73.8 Å². The van der Waals surface area contributed by atoms with Gasteiger partial charge in [-0.05, 0) is 35.7 Å². The first-order valence-corrected chi connectivity index (χ1v) is 8.50. The molecule has 0 amide bonds. The number of furan rings is 2. The summed E-state index contributed by atoms with van der Waals surface area (Å²) in [4.78, 5) is 7.83. The molecule has 0 aromatic carbocycles. The van der Waals surface area contributed by atoms with E-state index in [4.69, 9.17) is 13.3 Å². The fourth-order valence-electron chi connectivity index (χ4n) is 2.54. The molecule has 5 nitrogen and oxygen atoms in total. The summed E-state index contributed by atoms with van der Waals surface area (Å²) in [6.07, 6.45) is 5.09. The monoisotopic (exact) mass is 340 g/mol. The minimum Gasteiger partial charge on any atom is -0.468 e. The van der Waals surface area contributed by atoms with Gasteiger partial charge in [0.25, 0.3) is 0 Å². The highest BCUT2D eigenvalue weighted by Crippen LogP contribution is 2.24. The number of hydrogen-bond donors (Lipinski definition) is 0. The summed E-state index contributed by atoms with van der Waals surface area (Å²) in [6, 6.07) is 11.7. The quantitative estimate of drug-likeness (QED) is 0.484. The largest absolute Gasteiger partial charge is 0.468 e. The van der Waals surface area contributed by atoms with Gasteiger partial charge in [-0.3, -0.25) is 4.90 Å². The van der Waals surface area contributed by atoms with Gasteiger partial charge in [-0.25, -0.2) is 4.98 Å². The molecule has 0 aliphatic heterocycles. The predicted molar refractivity (Wildman–Crippen MR) is 90.2 cm³/mol. The van der Waals surface area contributed by atoms with Crippen LogP contribution in [-0.4, -0.2) is 9.88 Å². The summed E-state index contributed by atoms with van der Waals surface area (Å²) in [6.45, 7) is 2.00. The lowest BCUT2D eigenvalue weighted by molar-refractivity contribution is 0.207. The second kappa shape index (κ2) is 6.90. The van der Waals surface area contributed by atoms with Crippen molar-refractivity contribution in [1.82, 2.24) is 9.88 Å². The Morgan fingerprint density at radius 3 is 2.21 bits per heavy atom. The molecule has 4 aromatic heterocycles. The van der Waals surface area contributed by atoms with Crippen LogP contribution in [0, 0.1) is 0 Å². The topological polar surface area (TPSA) is 55.6 Å². The average molecular weight is 340 g/mol. The molecule has 6 heteroatoms. The third-order valence-electron chi connectivity index (χ3n) is 3.59. The van der Waals surface area contributed by atoms with Gasteiger partial charge in [0.15, 0.2) is 0 Å². The van der Waals surface area contributed by atoms with E-state index in [1.807, 2.05) is 41.8 Å². The van der Waals surface area contributed by atoms with E-state index in [1.54, 1.807) is 30.1 Å². The zero-order valence-electron chi connectivity index (χ0n) is 12.9. The Kier molecular flexibility index (Phi) is 4.31. The van der Waals surface area contributed by atoms with Gasteiger partial charge < -0.3 is 13.3 Å². The van der Waals surface area contributed by atoms with Gasteiger partial charge in [-0.1, -0.05) is 6.07 Å². The van der Waals surface area contributed by atoms with Gasteiger partial charge in [0, 0.05) is 6.54 Å². The third kappa shape index (κ3) is 3.50. The zero-order chi connectivity index (χ0) is 16.2. The van der Waals surface area contributed by atoms with Crippen molar-refractivity contribution in [3.05, 3.63) is 77.8 Å². The van der Waals surface area contributed by atoms with Crippen LogP contribution in [0.5, 0.6) is 0 Å². The molecule has 0 fully saturated rings. The molecule has 0 bridgehead atoms. The summed E-state index contributed by atoms with van der Waals surface area (Å²) < 4.78 is 16.5. The molecule has 122 valence electrons. The van der Waals surface area contributed by atoms with Crippen molar-refractivity contribution in [2.75, 3.05) is 0 Å². The molecular formula is C18H16N2O3S. The van der Waals surface area contributed by atoms with Gasteiger partial charge in [0.1, 0.15) is 17.8 Å². The summed E-state index contributed by atoms with van der Waals surface area (Å²) in [5, 5.41) is 2.01. The molecule has 0 aliphatic carbocycles. The Bertz CT molecular complexity index is 812. The van der Waals surface area contributed by atoms with Gasteiger partial charge in [-0.2, -0.15) is 0 Å². The van der Waals surface area contributed by atoms with E-state index >= 15 is 0 Å². The van der Waals surface area contributed by atoms with Gasteiger partial charge >= 0.3 is 0 Å². The first-order chi connectivity index (χ1) is 11.9. The number of aromatic nitrogens is 1. The van der Waals surface area contributed by atoms with Crippen LogP contribution in [0.3, 0.4) is 0 Å². The number of oxazole rings is 1. The molecule has 4 aromatic rings. The van der Waals surface area contributed by atoms with Crippen LogP contribution in [-0.2, 0) is 19.6 Å². The number of rotatable bonds is 7. The molecule has 0 unspecified atom stereocenters. The van der Waals surface area contributed by atoms with E-state index in [0.29, 0.717) is 25.5 Å². The Morgan fingerprint density at radius 1 is 0.875 bits per heavy atom. The Morgan fingerprint density at radius 2 is 1.62 bits per heavy atom. The predicted octanol–water partition coefficient (Wildman–Crippen LogP) is 4.79. The molecule has 4 heterocycles. The minimum atomic E-state index is 0.649. The molecular weight excluding hydrogens is 324 g/mol. The second-order valence-electron chi connectivity index (χ2n) is 5.43. The van der Waals surface area contributed by atoms with Crippen LogP contribution in [0.25, 0.3) is 10.8 Å². The highest BCUT2D eigenvalue weighted by Gasteiger charge is 2.15. The maximum absolute atomic E-state index is 5.61. The van der Waals surface area contributed by atoms with Crippen LogP contribution in [0.2, 0.25) is 0 Å². The van der Waals surface area contributed by atoms with Crippen LogP contribution >= 0.6 is 11.3 Å². The van der Waals surface area contributed by atoms with Crippen molar-refractivity contribution in [3.8, 4) is 10.8 Å². The lowest BCUT2D eigenvalue weighted by Crippen LogP contribution is -2.22. The molecule has 0 atom stereocenters. The van der Waals surface area contributed by atoms with E-state index in [0.717, 1.165) is 22.1 Å². The van der Waals surface area contributed by atoms with Crippen LogP contribution < -0.4 is 0 Å². The Hall–Kier alpha value is -2.57. The first kappa shape index (κ1) is 15.0. The fraction of sp³-hybridized carbons (Fsp3) is 0.167. The third-order valence-corrected chi connectivity index (χ3v) is 4.45. The zero-order valence-corrected chi connectivity index (χ0v) is 13.7. The molecule has 24 heavy (non-hydrogen) atoms. The van der Waals surface area contributed by atoms with E-state index < -0.39 is 0 Å². The second-order valence-corrected chi connectivity index (χ2v) is 6.37. The minimum absolute atomic E-state index is 0.649. The molecule has 0 saturated carbocycles. The van der Waals surface area contributed by atoms with E-state index in [2.05, 4.69) is 9.88 Å². The molecule has 0 N–H and O–H groups in total. The smallest absolute Gasteiger partial charge is 0.236 e. The lowest BCUT2D eigenvalue weighted by Gasteiger charge is -2.18. The Labute approximate surface area is 143 Å². The molecule has 0 spiro atoms. The van der Waals surface area contributed by atoms with Gasteiger partial charge in [0.05, 0.1) is 36.2 Å². The summed E-state index contributed by atoms with van der Waals surface area (Å²) >= 11 is 1.62. The fourth-order valence-corrected chi connectivity index (χ4v) is 3.19. The van der Waals surface area contributed by atoms with E-state index in [9.17, 15) is 0 Å². The number of nitrogens with zero attached hydrogens (tertiary/aromatic N) is 2. The summed E-state index contributed by atoms with van der Waals surface area (Å²) in [7, 11) is 0. The molecule has 0 saturated heterocycles. The van der Waals surface area contributed by atoms with Crippen molar-refractivity contribution in [2.24, 2.45) is 0 Å². The maximum Gasteiger partial charge on any atom is 0.236 e. The van der Waals surface area contributed by atoms with Crippen molar-refractivity contribution >= 4 is 11.3 Å². The average Bonchev–Trinajstić information content (AvgIpc) is 3.37. The standard InChI is InChI=1S/C18H16N2O3S/c1-4-15(21-7-1)11-20(12-16-5-2-8-22-16)10-14-13-23-18(19-14)17-6-3-9-24-17/h1-9,13H,10-12H2. The number of thiophene rings is 1. The molecule has 4 rings (SSSR count). The Balaban J connectivity index is 1.50. The van der Waals surface area contributed by atoms with Crippen molar-refractivity contribution in [2.45, 2.75) is 19.6 Å². The van der Waals surface area contributed by atoms with Crippen molar-refractivity contribution < 1.29 is 13.3 Å². The normalized spacial score (nSPS) is 11.4. The van der Waals surface area contributed by atoms with Gasteiger partial charge in [-0.15, -0.1) is 11.3 Å². The van der Waals surface area contributed by atoms with Crippen LogP contribution in [0.4, 0.5) is 0 Å². The summed E-state index contributed by atoms with van der Waals surface area (Å²) in [5.74, 6) is 2.48. The first-order valence-electron chi connectivity index (χ1n) is 7.62. The van der Waals surface area contributed by atoms with Crippen molar-refractivity contribution in [3.63, 3.8) is 0 Å². The molecule has 0 aliphatic rings. The van der Waals surface area contributed by atoms with Crippen molar-refractivity contribution in [1.29, 1.82) is 0 Å². The van der Waals surface area contributed by atoms with E-state index in [1.165, 1.54) is 0 Å². The highest BCUT2D eigenvalue weighted by molar-refractivity contribution is 7.13. The maximum atomic E-state index is 5.61.